The molecule has 1 amide bonds. The second-order valence-electron chi connectivity index (χ2n) is 8.60. The van der Waals surface area contributed by atoms with E-state index in [0.717, 1.165) is 0 Å². The van der Waals surface area contributed by atoms with Gasteiger partial charge in [-0.25, -0.2) is 18.6 Å². The number of amides is 1. The van der Waals surface area contributed by atoms with Gasteiger partial charge in [0.05, 0.1) is 5.69 Å². The number of rotatable bonds is 3. The van der Waals surface area contributed by atoms with E-state index in [1.165, 1.54) is 6.07 Å². The fourth-order valence-corrected chi connectivity index (χ4v) is 4.10. The Kier molecular flexibility index (Phi) is 6.39. The van der Waals surface area contributed by atoms with Crippen molar-refractivity contribution in [1.82, 2.24) is 14.8 Å². The van der Waals surface area contributed by atoms with Crippen molar-refractivity contribution >= 4 is 23.4 Å². The fraction of sp³-hybridized carbons (Fsp3) is 0.650. The first-order valence-electron chi connectivity index (χ1n) is 9.89. The summed E-state index contributed by atoms with van der Waals surface area (Å²) in [5, 5.41) is 9.36. The third-order valence-electron chi connectivity index (χ3n) is 5.49. The minimum absolute atomic E-state index is 0.00849. The quantitative estimate of drug-likeness (QED) is 0.666. The zero-order valence-corrected chi connectivity index (χ0v) is 18.3. The Bertz CT molecular complexity index is 847. The SMILES string of the molecule is C[C@@H]1[C@H](N2CCN(C(=O)OC(C)(C)C)CC2)CN1c1cc(Cl)nc(C(F)F)c1C#N. The molecule has 0 unspecified atom stereocenters. The molecule has 2 atom stereocenters. The van der Waals surface area contributed by atoms with E-state index < -0.39 is 17.7 Å². The number of pyridine rings is 1. The number of anilines is 1. The van der Waals surface area contributed by atoms with Gasteiger partial charge in [-0.3, -0.25) is 4.90 Å². The monoisotopic (exact) mass is 441 g/mol. The minimum atomic E-state index is -2.87. The Hall–Kier alpha value is -2.18. The van der Waals surface area contributed by atoms with Crippen LogP contribution in [-0.4, -0.2) is 71.3 Å². The molecule has 0 N–H and O–H groups in total. The lowest BCUT2D eigenvalue weighted by molar-refractivity contribution is 0.00577. The first-order chi connectivity index (χ1) is 14.0. The summed E-state index contributed by atoms with van der Waals surface area (Å²) < 4.78 is 32.0. The van der Waals surface area contributed by atoms with E-state index in [0.29, 0.717) is 38.4 Å². The molecule has 2 fully saturated rings. The van der Waals surface area contributed by atoms with Crippen LogP contribution < -0.4 is 4.90 Å². The summed E-state index contributed by atoms with van der Waals surface area (Å²) in [4.78, 5) is 21.8. The number of hydrogen-bond acceptors (Lipinski definition) is 6. The molecule has 10 heteroatoms. The molecule has 3 heterocycles. The average molecular weight is 442 g/mol. The van der Waals surface area contributed by atoms with Gasteiger partial charge < -0.3 is 14.5 Å². The second-order valence-corrected chi connectivity index (χ2v) is 8.99. The third-order valence-corrected chi connectivity index (χ3v) is 5.68. The second kappa shape index (κ2) is 8.52. The van der Waals surface area contributed by atoms with E-state index >= 15 is 0 Å². The van der Waals surface area contributed by atoms with Gasteiger partial charge in [0.1, 0.15) is 28.1 Å². The number of carbonyl (C=O) groups excluding carboxylic acids is 1. The number of piperazine rings is 1. The highest BCUT2D eigenvalue weighted by Crippen LogP contribution is 2.37. The fourth-order valence-electron chi connectivity index (χ4n) is 3.91. The Morgan fingerprint density at radius 1 is 1.33 bits per heavy atom. The Labute approximate surface area is 180 Å². The molecule has 0 spiro atoms. The molecule has 3 rings (SSSR count). The van der Waals surface area contributed by atoms with E-state index in [1.807, 2.05) is 38.7 Å². The van der Waals surface area contributed by atoms with Gasteiger partial charge in [0.15, 0.2) is 0 Å². The summed E-state index contributed by atoms with van der Waals surface area (Å²) in [5.41, 5.74) is -0.849. The number of halogens is 3. The molecule has 0 aromatic carbocycles. The van der Waals surface area contributed by atoms with Crippen LogP contribution in [-0.2, 0) is 4.74 Å². The number of ether oxygens (including phenoxy) is 1. The summed E-state index contributed by atoms with van der Waals surface area (Å²) in [5.74, 6) is 0. The maximum atomic E-state index is 13.3. The van der Waals surface area contributed by atoms with Gasteiger partial charge in [0.25, 0.3) is 6.43 Å². The molecule has 1 aromatic rings. The molecule has 0 radical (unpaired) electrons. The highest BCUT2D eigenvalue weighted by atomic mass is 35.5. The summed E-state index contributed by atoms with van der Waals surface area (Å²) in [6.07, 6.45) is -3.18. The molecule has 7 nitrogen and oxygen atoms in total. The molecule has 2 aliphatic heterocycles. The van der Waals surface area contributed by atoms with Gasteiger partial charge >= 0.3 is 6.09 Å². The van der Waals surface area contributed by atoms with Crippen LogP contribution in [0.2, 0.25) is 5.15 Å². The highest BCUT2D eigenvalue weighted by molar-refractivity contribution is 6.29. The average Bonchev–Trinajstić information content (AvgIpc) is 2.65. The number of alkyl halides is 2. The van der Waals surface area contributed by atoms with E-state index in [4.69, 9.17) is 16.3 Å². The van der Waals surface area contributed by atoms with Crippen LogP contribution >= 0.6 is 11.6 Å². The van der Waals surface area contributed by atoms with Crippen LogP contribution in [0.4, 0.5) is 19.3 Å². The zero-order valence-electron chi connectivity index (χ0n) is 17.5. The largest absolute Gasteiger partial charge is 0.444 e. The van der Waals surface area contributed by atoms with Crippen LogP contribution in [0.5, 0.6) is 0 Å². The van der Waals surface area contributed by atoms with Crippen LogP contribution in [0.15, 0.2) is 6.07 Å². The summed E-state index contributed by atoms with van der Waals surface area (Å²) in [6.45, 7) is 10.6. The maximum Gasteiger partial charge on any atom is 0.410 e. The van der Waals surface area contributed by atoms with Gasteiger partial charge in [0.2, 0.25) is 0 Å². The van der Waals surface area contributed by atoms with E-state index in [1.54, 1.807) is 4.90 Å². The summed E-state index contributed by atoms with van der Waals surface area (Å²) in [7, 11) is 0. The van der Waals surface area contributed by atoms with Crippen molar-refractivity contribution in [2.24, 2.45) is 0 Å². The lowest BCUT2D eigenvalue weighted by Gasteiger charge is -2.54. The Balaban J connectivity index is 1.64. The van der Waals surface area contributed by atoms with Crippen molar-refractivity contribution in [2.75, 3.05) is 37.6 Å². The lowest BCUT2D eigenvalue weighted by Crippen LogP contribution is -2.68. The van der Waals surface area contributed by atoms with E-state index in [9.17, 15) is 18.8 Å². The predicted octanol–water partition coefficient (Wildman–Crippen LogP) is 3.67. The van der Waals surface area contributed by atoms with Crippen molar-refractivity contribution < 1.29 is 18.3 Å². The molecule has 0 saturated carbocycles. The smallest absolute Gasteiger partial charge is 0.410 e. The van der Waals surface area contributed by atoms with Gasteiger partial charge in [-0.2, -0.15) is 5.26 Å². The zero-order chi connectivity index (χ0) is 22.2. The normalized spacial score (nSPS) is 22.6. The Morgan fingerprint density at radius 2 is 1.97 bits per heavy atom. The summed E-state index contributed by atoms with van der Waals surface area (Å²) in [6, 6.07) is 3.53. The number of hydrogen-bond donors (Lipinski definition) is 0. The van der Waals surface area contributed by atoms with Gasteiger partial charge in [-0.1, -0.05) is 11.6 Å². The van der Waals surface area contributed by atoms with E-state index in [2.05, 4.69) is 9.88 Å². The van der Waals surface area contributed by atoms with Crippen LogP contribution in [0, 0.1) is 11.3 Å². The van der Waals surface area contributed by atoms with Crippen molar-refractivity contribution in [3.05, 3.63) is 22.5 Å². The predicted molar refractivity (Wildman–Crippen MR) is 109 cm³/mol. The molecular weight excluding hydrogens is 416 g/mol. The number of nitriles is 1. The first kappa shape index (κ1) is 22.5. The van der Waals surface area contributed by atoms with Crippen molar-refractivity contribution in [2.45, 2.75) is 51.8 Å². The maximum absolute atomic E-state index is 13.3. The standard InChI is InChI=1S/C20H26ClF2N5O2/c1-12-15(26-5-7-27(8-6-26)19(29)30-20(2,3)4)11-28(12)14-9-16(21)25-17(18(22)23)13(14)10-24/h9,12,15,18H,5-8,11H2,1-4H3/t12-,15-/m1/s1. The van der Waals surface area contributed by atoms with Crippen molar-refractivity contribution in [3.63, 3.8) is 0 Å². The first-order valence-corrected chi connectivity index (χ1v) is 10.3. The van der Waals surface area contributed by atoms with Gasteiger partial charge in [-0.05, 0) is 27.7 Å². The Morgan fingerprint density at radius 3 is 2.47 bits per heavy atom. The number of nitrogens with zero attached hydrogens (tertiary/aromatic N) is 5. The van der Waals surface area contributed by atoms with E-state index in [-0.39, 0.29) is 28.9 Å². The third kappa shape index (κ3) is 4.60. The molecule has 2 aliphatic rings. The van der Waals surface area contributed by atoms with Gasteiger partial charge in [0, 0.05) is 50.9 Å². The van der Waals surface area contributed by atoms with Crippen LogP contribution in [0.25, 0.3) is 0 Å². The lowest BCUT2D eigenvalue weighted by atomic mass is 9.93. The molecular formula is C20H26ClF2N5O2. The molecule has 164 valence electrons. The molecule has 30 heavy (non-hydrogen) atoms. The topological polar surface area (TPSA) is 72.7 Å². The number of aromatic nitrogens is 1. The highest BCUT2D eigenvalue weighted by Gasteiger charge is 2.42. The molecule has 2 saturated heterocycles. The number of carbonyl (C=O) groups is 1. The molecule has 0 aliphatic carbocycles. The van der Waals surface area contributed by atoms with Crippen LogP contribution in [0.3, 0.4) is 0 Å². The van der Waals surface area contributed by atoms with Crippen molar-refractivity contribution in [1.29, 1.82) is 5.26 Å². The van der Waals surface area contributed by atoms with Crippen molar-refractivity contribution in [3.8, 4) is 6.07 Å². The van der Waals surface area contributed by atoms with Gasteiger partial charge in [-0.15, -0.1) is 0 Å². The summed E-state index contributed by atoms with van der Waals surface area (Å²) >= 11 is 5.93. The van der Waals surface area contributed by atoms with Crippen LogP contribution in [0.1, 0.15) is 45.4 Å². The molecule has 1 aromatic heterocycles. The minimum Gasteiger partial charge on any atom is -0.444 e. The molecule has 0 bridgehead atoms.